The van der Waals surface area contributed by atoms with E-state index in [1.54, 1.807) is 50.2 Å². The van der Waals surface area contributed by atoms with Crippen molar-refractivity contribution in [2.24, 2.45) is 11.8 Å². The molecule has 228 valence electrons. The quantitative estimate of drug-likeness (QED) is 0.161. The van der Waals surface area contributed by atoms with Gasteiger partial charge in [-0.1, -0.05) is 86.3 Å². The van der Waals surface area contributed by atoms with Crippen LogP contribution in [0.25, 0.3) is 11.4 Å². The normalized spacial score (nSPS) is 13.3. The summed E-state index contributed by atoms with van der Waals surface area (Å²) in [6.45, 7) is 3.07. The third-order valence-corrected chi connectivity index (χ3v) is 7.90. The second-order valence-electron chi connectivity index (χ2n) is 10.7. The summed E-state index contributed by atoms with van der Waals surface area (Å²) in [5, 5.41) is 13.3. The third kappa shape index (κ3) is 7.98. The van der Waals surface area contributed by atoms with Gasteiger partial charge in [0.1, 0.15) is 24.7 Å². The first-order valence-corrected chi connectivity index (χ1v) is 15.2. The second kappa shape index (κ2) is 14.1. The summed E-state index contributed by atoms with van der Waals surface area (Å²) in [4.78, 5) is 57.1. The van der Waals surface area contributed by atoms with Crippen molar-refractivity contribution in [3.63, 3.8) is 0 Å². The number of ether oxygens (including phenoxy) is 1. The van der Waals surface area contributed by atoms with Crippen LogP contribution in [0.15, 0.2) is 81.3 Å². The van der Waals surface area contributed by atoms with Crippen LogP contribution >= 0.6 is 11.8 Å². The first kappa shape index (κ1) is 30.7. The topological polar surface area (TPSA) is 158 Å². The molecule has 12 nitrogen and oxygen atoms in total. The number of carbonyl (C=O) groups excluding carboxylic acids is 3. The summed E-state index contributed by atoms with van der Waals surface area (Å²) in [6.07, 6.45) is 2.72. The Morgan fingerprint density at radius 2 is 1.75 bits per heavy atom. The van der Waals surface area contributed by atoms with E-state index in [0.717, 1.165) is 15.9 Å². The average Bonchev–Trinajstić information content (AvgIpc) is 3.74. The van der Waals surface area contributed by atoms with Crippen LogP contribution in [0.2, 0.25) is 0 Å². The van der Waals surface area contributed by atoms with Gasteiger partial charge in [-0.3, -0.25) is 24.3 Å². The zero-order valence-corrected chi connectivity index (χ0v) is 25.1. The van der Waals surface area contributed by atoms with Crippen LogP contribution in [0.1, 0.15) is 42.9 Å². The summed E-state index contributed by atoms with van der Waals surface area (Å²) in [5.41, 5.74) is 0.507. The number of Topliss-reactive ketones (excluding diaryl/α,β-unsaturated/α-hetero) is 1. The van der Waals surface area contributed by atoms with Crippen molar-refractivity contribution in [1.82, 2.24) is 25.1 Å². The lowest BCUT2D eigenvalue weighted by Crippen LogP contribution is -2.46. The molecule has 0 spiro atoms. The standard InChI is InChI=1S/C31H32N6O6S/c1-19(2)25(26(39)28-35-36-31(43-28)44-18-21-13-14-21)34-24(38)16-37-27(22-11-7-4-8-12-22)32-15-23(29(37)40)33-30(41)42-17-20-9-5-3-6-10-20/h3-12,15,19,21,25H,13-14,16-18H2,1-2H3,(H,33,41)(H,34,38). The fraction of sp³-hybridized carbons (Fsp3) is 0.323. The molecule has 1 fully saturated rings. The lowest BCUT2D eigenvalue weighted by Gasteiger charge is -2.20. The molecule has 2 heterocycles. The van der Waals surface area contributed by atoms with Crippen LogP contribution in [0.5, 0.6) is 0 Å². The maximum atomic E-state index is 13.6. The van der Waals surface area contributed by atoms with Gasteiger partial charge >= 0.3 is 6.09 Å². The Labute approximate surface area is 257 Å². The highest BCUT2D eigenvalue weighted by molar-refractivity contribution is 7.99. The number of hydrogen-bond acceptors (Lipinski definition) is 10. The summed E-state index contributed by atoms with van der Waals surface area (Å²) in [6, 6.07) is 16.9. The predicted octanol–water partition coefficient (Wildman–Crippen LogP) is 4.57. The van der Waals surface area contributed by atoms with Crippen molar-refractivity contribution < 1.29 is 23.5 Å². The number of aromatic nitrogens is 4. The van der Waals surface area contributed by atoms with E-state index in [9.17, 15) is 19.2 Å². The van der Waals surface area contributed by atoms with Crippen molar-refractivity contribution in [3.8, 4) is 11.4 Å². The van der Waals surface area contributed by atoms with Gasteiger partial charge in [0, 0.05) is 11.3 Å². The molecule has 2 aromatic carbocycles. The molecule has 1 atom stereocenters. The summed E-state index contributed by atoms with van der Waals surface area (Å²) < 4.78 is 11.9. The first-order chi connectivity index (χ1) is 21.3. The van der Waals surface area contributed by atoms with Crippen LogP contribution in [0.3, 0.4) is 0 Å². The number of benzene rings is 2. The number of thioether (sulfide) groups is 1. The van der Waals surface area contributed by atoms with Gasteiger partial charge < -0.3 is 14.5 Å². The molecule has 0 aliphatic heterocycles. The van der Waals surface area contributed by atoms with Crippen LogP contribution in [0.4, 0.5) is 10.5 Å². The minimum atomic E-state index is -0.984. The Hall–Kier alpha value is -4.78. The summed E-state index contributed by atoms with van der Waals surface area (Å²) >= 11 is 1.41. The lowest BCUT2D eigenvalue weighted by atomic mass is 9.99. The zero-order valence-electron chi connectivity index (χ0n) is 24.3. The van der Waals surface area contributed by atoms with Crippen molar-refractivity contribution >= 4 is 35.2 Å². The molecule has 44 heavy (non-hydrogen) atoms. The van der Waals surface area contributed by atoms with Crippen LogP contribution in [0, 0.1) is 11.8 Å². The van der Waals surface area contributed by atoms with E-state index in [2.05, 4.69) is 25.8 Å². The van der Waals surface area contributed by atoms with Gasteiger partial charge in [-0.15, -0.1) is 10.2 Å². The Morgan fingerprint density at radius 3 is 2.43 bits per heavy atom. The van der Waals surface area contributed by atoms with Crippen molar-refractivity contribution in [3.05, 3.63) is 88.7 Å². The third-order valence-electron chi connectivity index (χ3n) is 6.85. The van der Waals surface area contributed by atoms with E-state index >= 15 is 0 Å². The molecule has 0 bridgehead atoms. The van der Waals surface area contributed by atoms with Crippen LogP contribution in [-0.2, 0) is 22.7 Å². The molecule has 1 saturated carbocycles. The van der Waals surface area contributed by atoms with Crippen molar-refractivity contribution in [2.75, 3.05) is 11.1 Å². The minimum absolute atomic E-state index is 0.00413. The molecule has 1 unspecified atom stereocenters. The monoisotopic (exact) mass is 616 g/mol. The van der Waals surface area contributed by atoms with Gasteiger partial charge in [-0.05, 0) is 30.2 Å². The fourth-order valence-corrected chi connectivity index (χ4v) is 5.23. The Morgan fingerprint density at radius 1 is 1.05 bits per heavy atom. The first-order valence-electron chi connectivity index (χ1n) is 14.2. The molecule has 1 aliphatic carbocycles. The van der Waals surface area contributed by atoms with Gasteiger partial charge in [0.05, 0.1) is 12.2 Å². The number of nitrogens with zero attached hydrogens (tertiary/aromatic N) is 4. The van der Waals surface area contributed by atoms with Crippen LogP contribution < -0.4 is 16.2 Å². The van der Waals surface area contributed by atoms with E-state index in [0.29, 0.717) is 16.7 Å². The highest BCUT2D eigenvalue weighted by atomic mass is 32.2. The molecule has 1 aliphatic rings. The SMILES string of the molecule is CC(C)C(NC(=O)Cn1c(-c2ccccc2)ncc(NC(=O)OCc2ccccc2)c1=O)C(=O)c1nnc(SCC2CC2)o1. The van der Waals surface area contributed by atoms with Gasteiger partial charge in [-0.2, -0.15) is 0 Å². The largest absolute Gasteiger partial charge is 0.444 e. The number of rotatable bonds is 13. The van der Waals surface area contributed by atoms with Crippen molar-refractivity contribution in [2.45, 2.75) is 51.1 Å². The van der Waals surface area contributed by atoms with E-state index in [4.69, 9.17) is 9.15 Å². The molecule has 4 aromatic rings. The second-order valence-corrected chi connectivity index (χ2v) is 11.7. The lowest BCUT2D eigenvalue weighted by molar-refractivity contribution is -0.122. The molecule has 5 rings (SSSR count). The number of ketones is 1. The smallest absolute Gasteiger partial charge is 0.412 e. The summed E-state index contributed by atoms with van der Waals surface area (Å²) in [5.74, 6) is 0.0414. The number of nitrogens with one attached hydrogen (secondary N) is 2. The maximum Gasteiger partial charge on any atom is 0.412 e. The number of carbonyl (C=O) groups is 3. The van der Waals surface area contributed by atoms with Gasteiger partial charge in [0.15, 0.2) is 0 Å². The zero-order chi connectivity index (χ0) is 31.1. The Bertz CT molecular complexity index is 1670. The molecule has 13 heteroatoms. The molecular weight excluding hydrogens is 584 g/mol. The number of anilines is 1. The highest BCUT2D eigenvalue weighted by Gasteiger charge is 2.31. The van der Waals surface area contributed by atoms with Crippen LogP contribution in [-0.4, -0.2) is 49.3 Å². The molecule has 2 aromatic heterocycles. The molecule has 0 radical (unpaired) electrons. The molecule has 2 amide bonds. The fourth-order valence-electron chi connectivity index (χ4n) is 4.28. The van der Waals surface area contributed by atoms with E-state index in [1.165, 1.54) is 30.8 Å². The predicted molar refractivity (Wildman–Crippen MR) is 163 cm³/mol. The van der Waals surface area contributed by atoms with E-state index in [-0.39, 0.29) is 29.9 Å². The Kier molecular flexibility index (Phi) is 9.85. The Balaban J connectivity index is 1.32. The van der Waals surface area contributed by atoms with Gasteiger partial charge in [0.25, 0.3) is 16.7 Å². The van der Waals surface area contributed by atoms with Crippen molar-refractivity contribution in [1.29, 1.82) is 0 Å². The molecule has 2 N–H and O–H groups in total. The van der Waals surface area contributed by atoms with E-state index in [1.807, 2.05) is 24.3 Å². The number of hydrogen-bond donors (Lipinski definition) is 2. The molecular formula is C31H32N6O6S. The minimum Gasteiger partial charge on any atom is -0.444 e. The van der Waals surface area contributed by atoms with E-state index < -0.39 is 35.9 Å². The number of amides is 2. The average molecular weight is 617 g/mol. The van der Waals surface area contributed by atoms with Gasteiger partial charge in [-0.25, -0.2) is 9.78 Å². The highest BCUT2D eigenvalue weighted by Crippen LogP contribution is 2.34. The van der Waals surface area contributed by atoms with Gasteiger partial charge in [0.2, 0.25) is 11.7 Å². The maximum absolute atomic E-state index is 13.6. The summed E-state index contributed by atoms with van der Waals surface area (Å²) in [7, 11) is 0. The molecule has 0 saturated heterocycles.